The minimum Gasteiger partial charge on any atom is -0.455 e. The van der Waals surface area contributed by atoms with Gasteiger partial charge in [-0.1, -0.05) is 128 Å². The number of rotatable bonds is 5. The Morgan fingerprint density at radius 3 is 1.92 bits per heavy atom. The zero-order valence-electron chi connectivity index (χ0n) is 27.1. The number of pyridine rings is 1. The number of nitrogens with zero attached hydrogens (tertiary/aromatic N) is 1. The molecule has 0 unspecified atom stereocenters. The number of hydrogen-bond donors (Lipinski definition) is 0. The lowest BCUT2D eigenvalue weighted by Gasteiger charge is -2.14. The summed E-state index contributed by atoms with van der Waals surface area (Å²) in [5, 5.41) is 5.44. The van der Waals surface area contributed by atoms with E-state index in [1.165, 1.54) is 10.8 Å². The van der Waals surface area contributed by atoms with Crippen molar-refractivity contribution < 1.29 is 8.83 Å². The summed E-state index contributed by atoms with van der Waals surface area (Å²) in [4.78, 5) is 5.36. The fourth-order valence-electron chi connectivity index (χ4n) is 7.53. The van der Waals surface area contributed by atoms with Gasteiger partial charge < -0.3 is 8.83 Å². The van der Waals surface area contributed by atoms with Crippen molar-refractivity contribution in [2.24, 2.45) is 0 Å². The van der Waals surface area contributed by atoms with Gasteiger partial charge in [0.15, 0.2) is 5.58 Å². The van der Waals surface area contributed by atoms with Crippen molar-refractivity contribution >= 4 is 60.9 Å². The lowest BCUT2D eigenvalue weighted by Crippen LogP contribution is -1.95. The van der Waals surface area contributed by atoms with Crippen LogP contribution in [0.25, 0.3) is 105 Å². The Labute approximate surface area is 288 Å². The lowest BCUT2D eigenvalue weighted by atomic mass is 9.92. The molecule has 0 saturated heterocycles. The maximum atomic E-state index is 6.70. The largest absolute Gasteiger partial charge is 0.455 e. The number of hydrogen-bond acceptors (Lipinski definition) is 3. The number of benzene rings is 7. The molecule has 3 heterocycles. The minimum absolute atomic E-state index is 0.754. The van der Waals surface area contributed by atoms with E-state index in [0.29, 0.717) is 0 Å². The Kier molecular flexibility index (Phi) is 6.33. The van der Waals surface area contributed by atoms with Crippen LogP contribution < -0.4 is 0 Å². The van der Waals surface area contributed by atoms with E-state index in [2.05, 4.69) is 134 Å². The standard InChI is InChI=1S/C47H29NO2/c1-2-35-43(33-20-13-19-31(26-33)29-14-5-3-6-15-29)47-45(37-22-11-12-23-40(37)50-47)48-44(35)34-24-25-41-38(28-34)39-27-32-18-9-10-21-36(32)42(46(39)49-41)30-16-7-4-8-17-30/h2-28H,1H2. The molecule has 10 rings (SSSR count). The van der Waals surface area contributed by atoms with Crippen molar-refractivity contribution in [3.8, 4) is 44.6 Å². The quantitative estimate of drug-likeness (QED) is 0.188. The molecule has 0 aliphatic heterocycles. The van der Waals surface area contributed by atoms with Gasteiger partial charge in [0.25, 0.3) is 0 Å². The first kappa shape index (κ1) is 28.3. The Bertz CT molecular complexity index is 2930. The van der Waals surface area contributed by atoms with Crippen molar-refractivity contribution in [3.63, 3.8) is 0 Å². The van der Waals surface area contributed by atoms with Gasteiger partial charge in [-0.25, -0.2) is 4.98 Å². The molecule has 234 valence electrons. The fourth-order valence-corrected chi connectivity index (χ4v) is 7.53. The molecule has 0 aliphatic rings. The van der Waals surface area contributed by atoms with Crippen molar-refractivity contribution in [1.29, 1.82) is 0 Å². The number of fused-ring (bicyclic) bond motifs is 7. The van der Waals surface area contributed by atoms with Crippen molar-refractivity contribution in [3.05, 3.63) is 170 Å². The third kappa shape index (κ3) is 4.34. The van der Waals surface area contributed by atoms with E-state index in [4.69, 9.17) is 13.8 Å². The average molecular weight is 640 g/mol. The second-order valence-electron chi connectivity index (χ2n) is 12.7. The van der Waals surface area contributed by atoms with E-state index in [-0.39, 0.29) is 0 Å². The van der Waals surface area contributed by atoms with Crippen LogP contribution in [-0.2, 0) is 0 Å². The molecule has 3 heteroatoms. The Morgan fingerprint density at radius 2 is 1.10 bits per heavy atom. The number of furan rings is 2. The lowest BCUT2D eigenvalue weighted by molar-refractivity contribution is 0.669. The van der Waals surface area contributed by atoms with Crippen LogP contribution in [0.3, 0.4) is 0 Å². The zero-order valence-corrected chi connectivity index (χ0v) is 27.1. The van der Waals surface area contributed by atoms with Crippen LogP contribution in [0, 0.1) is 0 Å². The van der Waals surface area contributed by atoms with Crippen LogP contribution in [0.15, 0.2) is 173 Å². The molecular formula is C47H29NO2. The van der Waals surface area contributed by atoms with Crippen LogP contribution >= 0.6 is 0 Å². The third-order valence-electron chi connectivity index (χ3n) is 9.83. The van der Waals surface area contributed by atoms with E-state index in [1.54, 1.807) is 0 Å². The van der Waals surface area contributed by atoms with Crippen LogP contribution in [0.5, 0.6) is 0 Å². The van der Waals surface area contributed by atoms with Gasteiger partial charge in [0.1, 0.15) is 22.3 Å². The van der Waals surface area contributed by atoms with Crippen LogP contribution in [0.2, 0.25) is 0 Å². The van der Waals surface area contributed by atoms with Crippen LogP contribution in [-0.4, -0.2) is 4.98 Å². The summed E-state index contributed by atoms with van der Waals surface area (Å²) >= 11 is 0. The maximum Gasteiger partial charge on any atom is 0.162 e. The molecule has 0 radical (unpaired) electrons. The van der Waals surface area contributed by atoms with E-state index < -0.39 is 0 Å². The molecule has 7 aromatic carbocycles. The fraction of sp³-hybridized carbons (Fsp3) is 0. The molecular weight excluding hydrogens is 611 g/mol. The Morgan fingerprint density at radius 1 is 0.440 bits per heavy atom. The summed E-state index contributed by atoms with van der Waals surface area (Å²) in [5.41, 5.74) is 13.4. The smallest absolute Gasteiger partial charge is 0.162 e. The number of aromatic nitrogens is 1. The van der Waals surface area contributed by atoms with Gasteiger partial charge in [-0.3, -0.25) is 0 Å². The SMILES string of the molecule is C=Cc1c(-c2ccc3oc4c(-c5ccccc5)c5ccccc5cc4c3c2)nc2c(oc3ccccc32)c1-c1cccc(-c2ccccc2)c1. The van der Waals surface area contributed by atoms with Gasteiger partial charge in [-0.05, 0) is 75.5 Å². The number of para-hydroxylation sites is 1. The van der Waals surface area contributed by atoms with Gasteiger partial charge in [-0.15, -0.1) is 0 Å². The van der Waals surface area contributed by atoms with E-state index in [1.807, 2.05) is 36.4 Å². The molecule has 0 amide bonds. The summed E-state index contributed by atoms with van der Waals surface area (Å²) in [6.07, 6.45) is 1.91. The van der Waals surface area contributed by atoms with E-state index in [0.717, 1.165) is 94.2 Å². The average Bonchev–Trinajstić information content (AvgIpc) is 3.74. The van der Waals surface area contributed by atoms with Crippen molar-refractivity contribution in [1.82, 2.24) is 4.98 Å². The molecule has 50 heavy (non-hydrogen) atoms. The molecule has 0 saturated carbocycles. The topological polar surface area (TPSA) is 39.2 Å². The molecule has 3 aromatic heterocycles. The first-order valence-electron chi connectivity index (χ1n) is 16.8. The monoisotopic (exact) mass is 639 g/mol. The van der Waals surface area contributed by atoms with Gasteiger partial charge in [0.2, 0.25) is 0 Å². The highest BCUT2D eigenvalue weighted by molar-refractivity contribution is 6.19. The normalized spacial score (nSPS) is 11.7. The van der Waals surface area contributed by atoms with Gasteiger partial charge in [-0.2, -0.15) is 0 Å². The summed E-state index contributed by atoms with van der Waals surface area (Å²) in [5.74, 6) is 0. The van der Waals surface area contributed by atoms with Gasteiger partial charge in [0.05, 0.1) is 5.69 Å². The second kappa shape index (κ2) is 11.2. The first-order chi connectivity index (χ1) is 24.7. The highest BCUT2D eigenvalue weighted by Gasteiger charge is 2.23. The molecule has 0 N–H and O–H groups in total. The summed E-state index contributed by atoms with van der Waals surface area (Å²) < 4.78 is 13.3. The minimum atomic E-state index is 0.754. The molecule has 3 nitrogen and oxygen atoms in total. The molecule has 0 fully saturated rings. The summed E-state index contributed by atoms with van der Waals surface area (Å²) in [6.45, 7) is 4.33. The van der Waals surface area contributed by atoms with E-state index in [9.17, 15) is 0 Å². The molecule has 0 spiro atoms. The third-order valence-corrected chi connectivity index (χ3v) is 9.83. The van der Waals surface area contributed by atoms with Gasteiger partial charge in [0, 0.05) is 38.4 Å². The highest BCUT2D eigenvalue weighted by atomic mass is 16.3. The van der Waals surface area contributed by atoms with Crippen molar-refractivity contribution in [2.75, 3.05) is 0 Å². The Hall–Kier alpha value is -6.71. The summed E-state index contributed by atoms with van der Waals surface area (Å²) in [6, 6.07) is 54.9. The molecule has 0 aliphatic carbocycles. The van der Waals surface area contributed by atoms with Gasteiger partial charge >= 0.3 is 0 Å². The van der Waals surface area contributed by atoms with Crippen molar-refractivity contribution in [2.45, 2.75) is 0 Å². The molecule has 0 bridgehead atoms. The second-order valence-corrected chi connectivity index (χ2v) is 12.7. The maximum absolute atomic E-state index is 6.70. The predicted molar refractivity (Wildman–Crippen MR) is 208 cm³/mol. The molecule has 10 aromatic rings. The predicted octanol–water partition coefficient (Wildman–Crippen LogP) is 13.3. The van der Waals surface area contributed by atoms with E-state index >= 15 is 0 Å². The zero-order chi connectivity index (χ0) is 33.2. The molecule has 0 atom stereocenters. The first-order valence-corrected chi connectivity index (χ1v) is 16.8. The van der Waals surface area contributed by atoms with Crippen LogP contribution in [0.4, 0.5) is 0 Å². The highest BCUT2D eigenvalue weighted by Crippen LogP contribution is 2.45. The summed E-state index contributed by atoms with van der Waals surface area (Å²) in [7, 11) is 0. The van der Waals surface area contributed by atoms with Crippen LogP contribution in [0.1, 0.15) is 5.56 Å². The Balaban J connectivity index is 1.26.